The minimum Gasteiger partial charge on any atom is -0.466 e. The summed E-state index contributed by atoms with van der Waals surface area (Å²) >= 11 is 12.2. The van der Waals surface area contributed by atoms with Gasteiger partial charge >= 0.3 is 0 Å². The Morgan fingerprint density at radius 2 is 1.86 bits per heavy atom. The number of nitrogens with two attached hydrogens (primary N) is 1. The lowest BCUT2D eigenvalue weighted by Crippen LogP contribution is -2.10. The highest BCUT2D eigenvalue weighted by Gasteiger charge is 2.20. The second-order valence-electron chi connectivity index (χ2n) is 5.14. The molecule has 6 heteroatoms. The van der Waals surface area contributed by atoms with Gasteiger partial charge in [-0.05, 0) is 39.0 Å². The summed E-state index contributed by atoms with van der Waals surface area (Å²) in [4.78, 5) is 4.37. The number of benzene rings is 1. The maximum Gasteiger partial charge on any atom is 0.201 e. The fourth-order valence-electron chi connectivity index (χ4n) is 2.72. The number of rotatable bonds is 2. The summed E-state index contributed by atoms with van der Waals surface area (Å²) in [6.07, 6.45) is 0. The number of nitrogens with zero attached hydrogens (tertiary/aromatic N) is 2. The first-order chi connectivity index (χ1) is 9.88. The number of nitrogen functional groups attached to an aromatic ring is 1. The number of anilines is 1. The van der Waals surface area contributed by atoms with Gasteiger partial charge < -0.3 is 14.7 Å². The molecular weight excluding hydrogens is 309 g/mol. The summed E-state index contributed by atoms with van der Waals surface area (Å²) in [6, 6.07) is 5.53. The van der Waals surface area contributed by atoms with Crippen molar-refractivity contribution in [1.29, 1.82) is 0 Å². The molecule has 1 aromatic carbocycles. The minimum absolute atomic E-state index is 0.00954. The number of hydrogen-bond acceptors (Lipinski definition) is 3. The minimum atomic E-state index is -0.00954. The highest BCUT2D eigenvalue weighted by atomic mass is 35.5. The summed E-state index contributed by atoms with van der Waals surface area (Å²) in [5.41, 5.74) is 8.74. The first-order valence-electron chi connectivity index (χ1n) is 6.58. The van der Waals surface area contributed by atoms with Gasteiger partial charge in [0, 0.05) is 5.56 Å². The molecule has 0 saturated heterocycles. The van der Waals surface area contributed by atoms with Crippen molar-refractivity contribution in [2.24, 2.45) is 0 Å². The zero-order chi connectivity index (χ0) is 15.3. The number of halogens is 2. The lowest BCUT2D eigenvalue weighted by atomic mass is 10.1. The van der Waals surface area contributed by atoms with Crippen molar-refractivity contribution in [2.45, 2.75) is 26.8 Å². The van der Waals surface area contributed by atoms with E-state index in [1.54, 1.807) is 12.1 Å². The van der Waals surface area contributed by atoms with Gasteiger partial charge in [-0.2, -0.15) is 0 Å². The Hall–Kier alpha value is -1.65. The monoisotopic (exact) mass is 323 g/mol. The van der Waals surface area contributed by atoms with Gasteiger partial charge in [-0.3, -0.25) is 0 Å². The lowest BCUT2D eigenvalue weighted by Gasteiger charge is -2.15. The van der Waals surface area contributed by atoms with Crippen LogP contribution in [0.3, 0.4) is 0 Å². The molecule has 3 rings (SSSR count). The van der Waals surface area contributed by atoms with E-state index >= 15 is 0 Å². The van der Waals surface area contributed by atoms with Gasteiger partial charge in [0.15, 0.2) is 0 Å². The van der Waals surface area contributed by atoms with Crippen LogP contribution in [-0.2, 0) is 0 Å². The summed E-state index contributed by atoms with van der Waals surface area (Å²) in [7, 11) is 0. The number of aromatic nitrogens is 2. The molecule has 0 aliphatic carbocycles. The molecule has 0 saturated carbocycles. The average molecular weight is 324 g/mol. The Kier molecular flexibility index (Phi) is 3.38. The van der Waals surface area contributed by atoms with E-state index in [-0.39, 0.29) is 6.04 Å². The molecule has 110 valence electrons. The molecule has 2 heterocycles. The van der Waals surface area contributed by atoms with E-state index in [1.165, 1.54) is 0 Å². The van der Waals surface area contributed by atoms with Gasteiger partial charge in [-0.15, -0.1) is 0 Å². The van der Waals surface area contributed by atoms with Crippen LogP contribution >= 0.6 is 23.2 Å². The summed E-state index contributed by atoms with van der Waals surface area (Å²) in [6.45, 7) is 5.92. The van der Waals surface area contributed by atoms with Crippen molar-refractivity contribution in [3.8, 4) is 0 Å². The van der Waals surface area contributed by atoms with E-state index in [9.17, 15) is 0 Å². The Balaban J connectivity index is 2.22. The molecule has 0 aliphatic rings. The Morgan fingerprint density at radius 1 is 1.19 bits per heavy atom. The largest absolute Gasteiger partial charge is 0.466 e. The summed E-state index contributed by atoms with van der Waals surface area (Å²) in [5.74, 6) is 2.17. The molecule has 0 spiro atoms. The third-order valence-electron chi connectivity index (χ3n) is 3.68. The highest BCUT2D eigenvalue weighted by molar-refractivity contribution is 6.42. The number of aryl methyl sites for hydroxylation is 2. The highest BCUT2D eigenvalue weighted by Crippen LogP contribution is 2.34. The third-order valence-corrected chi connectivity index (χ3v) is 4.40. The molecule has 1 unspecified atom stereocenters. The number of imidazole rings is 1. The topological polar surface area (TPSA) is 57.0 Å². The fourth-order valence-corrected chi connectivity index (χ4v) is 3.04. The molecule has 21 heavy (non-hydrogen) atoms. The van der Waals surface area contributed by atoms with Crippen molar-refractivity contribution in [1.82, 2.24) is 9.55 Å². The van der Waals surface area contributed by atoms with Crippen molar-refractivity contribution >= 4 is 40.2 Å². The first-order valence-corrected chi connectivity index (χ1v) is 7.33. The molecule has 4 nitrogen and oxygen atoms in total. The maximum atomic E-state index is 6.12. The fraction of sp³-hybridized carbons (Fsp3) is 0.267. The van der Waals surface area contributed by atoms with Crippen LogP contribution in [0.2, 0.25) is 10.0 Å². The van der Waals surface area contributed by atoms with Gasteiger partial charge in [0.25, 0.3) is 0 Å². The van der Waals surface area contributed by atoms with Crippen molar-refractivity contribution in [2.75, 3.05) is 5.73 Å². The molecule has 1 atom stereocenters. The van der Waals surface area contributed by atoms with Crippen LogP contribution in [0.25, 0.3) is 11.0 Å². The zero-order valence-corrected chi connectivity index (χ0v) is 13.5. The Morgan fingerprint density at radius 3 is 2.48 bits per heavy atom. The van der Waals surface area contributed by atoms with Crippen LogP contribution in [0, 0.1) is 13.8 Å². The zero-order valence-electron chi connectivity index (χ0n) is 11.9. The van der Waals surface area contributed by atoms with E-state index in [4.69, 9.17) is 33.4 Å². The predicted octanol–water partition coefficient (Wildman–Crippen LogP) is 4.74. The van der Waals surface area contributed by atoms with E-state index in [1.807, 2.05) is 24.5 Å². The van der Waals surface area contributed by atoms with Crippen LogP contribution in [0.4, 0.5) is 5.95 Å². The molecule has 3 aromatic rings. The van der Waals surface area contributed by atoms with Gasteiger partial charge in [0.1, 0.15) is 11.5 Å². The third kappa shape index (κ3) is 2.28. The van der Waals surface area contributed by atoms with E-state index in [0.29, 0.717) is 16.0 Å². The second-order valence-corrected chi connectivity index (χ2v) is 5.95. The molecule has 0 aliphatic heterocycles. The van der Waals surface area contributed by atoms with Crippen LogP contribution in [0.5, 0.6) is 0 Å². The average Bonchev–Trinajstić information content (AvgIpc) is 2.89. The summed E-state index contributed by atoms with van der Waals surface area (Å²) < 4.78 is 7.55. The first kappa shape index (κ1) is 14.3. The van der Waals surface area contributed by atoms with Crippen LogP contribution < -0.4 is 5.73 Å². The molecule has 0 bridgehead atoms. The summed E-state index contributed by atoms with van der Waals surface area (Å²) in [5, 5.41) is 0.953. The molecule has 2 aromatic heterocycles. The molecule has 0 radical (unpaired) electrons. The van der Waals surface area contributed by atoms with Crippen LogP contribution in [-0.4, -0.2) is 9.55 Å². The lowest BCUT2D eigenvalue weighted by molar-refractivity contribution is 0.495. The second kappa shape index (κ2) is 4.97. The van der Waals surface area contributed by atoms with Gasteiger partial charge in [-0.1, -0.05) is 23.2 Å². The van der Waals surface area contributed by atoms with Gasteiger partial charge in [-0.25, -0.2) is 4.98 Å². The maximum absolute atomic E-state index is 6.12. The molecule has 2 N–H and O–H groups in total. The standard InChI is InChI=1S/C15H15Cl2N3O/c1-7-4-10(9(3)21-7)8(2)20-14-6-12(17)11(16)5-13(14)19-15(20)18/h4-6,8H,1-3H3,(H2,18,19). The molecule has 0 fully saturated rings. The van der Waals surface area contributed by atoms with Crippen LogP contribution in [0.1, 0.15) is 30.0 Å². The number of fused-ring (bicyclic) bond motifs is 1. The van der Waals surface area contributed by atoms with Gasteiger partial charge in [0.05, 0.1) is 27.1 Å². The van der Waals surface area contributed by atoms with Gasteiger partial charge in [0.2, 0.25) is 5.95 Å². The van der Waals surface area contributed by atoms with E-state index < -0.39 is 0 Å². The molecule has 0 amide bonds. The normalized spacial score (nSPS) is 13.0. The Bertz CT molecular complexity index is 835. The van der Waals surface area contributed by atoms with Crippen molar-refractivity contribution in [3.63, 3.8) is 0 Å². The quantitative estimate of drug-likeness (QED) is 0.740. The van der Waals surface area contributed by atoms with E-state index in [0.717, 1.165) is 28.1 Å². The van der Waals surface area contributed by atoms with Crippen molar-refractivity contribution in [3.05, 3.63) is 45.3 Å². The predicted molar refractivity (Wildman–Crippen MR) is 86.2 cm³/mol. The number of furan rings is 1. The molecular formula is C15H15Cl2N3O. The number of hydrogen-bond donors (Lipinski definition) is 1. The SMILES string of the molecule is Cc1cc(C(C)n2c(N)nc3cc(Cl)c(Cl)cc32)c(C)o1. The van der Waals surface area contributed by atoms with E-state index in [2.05, 4.69) is 11.9 Å². The smallest absolute Gasteiger partial charge is 0.201 e. The van der Waals surface area contributed by atoms with Crippen LogP contribution in [0.15, 0.2) is 22.6 Å². The van der Waals surface area contributed by atoms with Crippen molar-refractivity contribution < 1.29 is 4.42 Å². The Labute approximate surface area is 132 Å².